The third-order valence-corrected chi connectivity index (χ3v) is 3.73. The van der Waals surface area contributed by atoms with E-state index in [0.717, 1.165) is 23.4 Å². The number of aliphatic imine (C=N–C) groups is 1. The van der Waals surface area contributed by atoms with Crippen LogP contribution in [-0.4, -0.2) is 35.0 Å². The maximum absolute atomic E-state index is 11.9. The summed E-state index contributed by atoms with van der Waals surface area (Å²) in [6, 6.07) is -0.0238. The van der Waals surface area contributed by atoms with Gasteiger partial charge in [-0.15, -0.1) is 0 Å². The van der Waals surface area contributed by atoms with Crippen molar-refractivity contribution in [2.45, 2.75) is 26.3 Å². The molecule has 0 atom stereocenters. The normalized spacial score (nSPS) is 13.8. The highest BCUT2D eigenvalue weighted by Gasteiger charge is 2.23. The van der Waals surface area contributed by atoms with Gasteiger partial charge in [0.2, 0.25) is 5.13 Å². The summed E-state index contributed by atoms with van der Waals surface area (Å²) in [7, 11) is 0. The summed E-state index contributed by atoms with van der Waals surface area (Å²) < 4.78 is 0. The zero-order valence-corrected chi connectivity index (χ0v) is 11.7. The Hall–Kier alpha value is -1.83. The number of hydrogen-bond acceptors (Lipinski definition) is 4. The number of amides is 2. The van der Waals surface area contributed by atoms with Crippen LogP contribution in [0.2, 0.25) is 0 Å². The van der Waals surface area contributed by atoms with Gasteiger partial charge in [0.25, 0.3) is 0 Å². The van der Waals surface area contributed by atoms with Crippen molar-refractivity contribution in [2.24, 2.45) is 16.5 Å². The van der Waals surface area contributed by atoms with Crippen LogP contribution < -0.4 is 16.8 Å². The van der Waals surface area contributed by atoms with Gasteiger partial charge in [0.05, 0.1) is 12.2 Å². The maximum atomic E-state index is 11.9. The van der Waals surface area contributed by atoms with Gasteiger partial charge in [0, 0.05) is 24.4 Å². The zero-order chi connectivity index (χ0) is 13.8. The van der Waals surface area contributed by atoms with Crippen LogP contribution in [0.15, 0.2) is 4.99 Å². The Morgan fingerprint density at radius 3 is 3.05 bits per heavy atom. The minimum Gasteiger partial charge on any atom is -0.370 e. The fourth-order valence-electron chi connectivity index (χ4n) is 1.86. The molecule has 0 saturated heterocycles. The molecule has 8 heteroatoms. The molecular weight excluding hydrogens is 264 g/mol. The lowest BCUT2D eigenvalue weighted by Crippen LogP contribution is -2.42. The molecule has 5 N–H and O–H groups in total. The first-order valence-corrected chi connectivity index (χ1v) is 7.02. The number of rotatable bonds is 3. The molecule has 0 aliphatic carbocycles. The fraction of sp³-hybridized carbons (Fsp3) is 0.545. The summed E-state index contributed by atoms with van der Waals surface area (Å²) in [6.45, 7) is 3.97. The quantitative estimate of drug-likeness (QED) is 0.554. The van der Waals surface area contributed by atoms with Crippen molar-refractivity contribution in [1.82, 2.24) is 15.2 Å². The highest BCUT2D eigenvalue weighted by Crippen LogP contribution is 2.29. The molecule has 0 unspecified atom stereocenters. The van der Waals surface area contributed by atoms with Gasteiger partial charge in [-0.3, -0.25) is 0 Å². The van der Waals surface area contributed by atoms with Crippen molar-refractivity contribution in [1.29, 1.82) is 0 Å². The van der Waals surface area contributed by atoms with Crippen molar-refractivity contribution < 1.29 is 4.79 Å². The first-order valence-electron chi connectivity index (χ1n) is 6.21. The van der Waals surface area contributed by atoms with Gasteiger partial charge >= 0.3 is 6.03 Å². The lowest BCUT2D eigenvalue weighted by Gasteiger charge is -2.26. The average molecular weight is 282 g/mol. The average Bonchev–Trinajstić information content (AvgIpc) is 2.75. The monoisotopic (exact) mass is 282 g/mol. The minimum absolute atomic E-state index is 0.00337. The molecule has 0 aromatic carbocycles. The third-order valence-electron chi connectivity index (χ3n) is 2.76. The number of thiazole rings is 1. The van der Waals surface area contributed by atoms with Crippen molar-refractivity contribution >= 4 is 28.5 Å². The summed E-state index contributed by atoms with van der Waals surface area (Å²) in [4.78, 5) is 23.0. The number of aromatic nitrogens is 1. The number of nitrogens with one attached hydrogen (secondary N) is 1. The van der Waals surface area contributed by atoms with Gasteiger partial charge in [0.15, 0.2) is 5.96 Å². The van der Waals surface area contributed by atoms with Crippen LogP contribution in [-0.2, 0) is 13.0 Å². The van der Waals surface area contributed by atoms with Gasteiger partial charge in [-0.05, 0) is 6.42 Å². The van der Waals surface area contributed by atoms with E-state index in [4.69, 9.17) is 11.5 Å². The Labute approximate surface area is 115 Å². The van der Waals surface area contributed by atoms with Gasteiger partial charge < -0.3 is 21.7 Å². The zero-order valence-electron chi connectivity index (χ0n) is 10.8. The molecule has 2 rings (SSSR count). The van der Waals surface area contributed by atoms with E-state index in [9.17, 15) is 4.79 Å². The summed E-state index contributed by atoms with van der Waals surface area (Å²) in [5, 5.41) is 3.43. The van der Waals surface area contributed by atoms with Crippen LogP contribution in [0.4, 0.5) is 9.93 Å². The van der Waals surface area contributed by atoms with Crippen LogP contribution in [0, 0.1) is 0 Å². The molecule has 7 nitrogen and oxygen atoms in total. The Morgan fingerprint density at radius 1 is 1.58 bits per heavy atom. The number of hydrogen-bond donors (Lipinski definition) is 3. The molecule has 104 valence electrons. The highest BCUT2D eigenvalue weighted by molar-refractivity contribution is 7.15. The predicted octanol–water partition coefficient (Wildman–Crippen LogP) is 0.526. The Morgan fingerprint density at radius 2 is 2.37 bits per heavy atom. The van der Waals surface area contributed by atoms with Crippen LogP contribution in [0.5, 0.6) is 0 Å². The minimum atomic E-state index is -0.0238. The molecule has 2 heterocycles. The van der Waals surface area contributed by atoms with E-state index in [1.54, 1.807) is 4.90 Å². The van der Waals surface area contributed by atoms with Crippen molar-refractivity contribution in [3.63, 3.8) is 0 Å². The molecule has 2 amide bonds. The largest absolute Gasteiger partial charge is 0.370 e. The second kappa shape index (κ2) is 5.87. The molecule has 0 bridgehead atoms. The van der Waals surface area contributed by atoms with Crippen LogP contribution in [0.3, 0.4) is 0 Å². The summed E-state index contributed by atoms with van der Waals surface area (Å²) in [6.07, 6.45) is 1.67. The highest BCUT2D eigenvalue weighted by atomic mass is 32.1. The number of urea groups is 1. The van der Waals surface area contributed by atoms with E-state index >= 15 is 0 Å². The summed E-state index contributed by atoms with van der Waals surface area (Å²) >= 11 is 1.43. The Kier molecular flexibility index (Phi) is 4.20. The molecule has 0 saturated carbocycles. The smallest absolute Gasteiger partial charge is 0.317 e. The standard InChI is InChI=1S/C11H18N6OS/c1-2-4-14-11(18)17-5-3-7-8(6-17)19-10(15-7)16-9(12)13/h2-6H2,1H3,(H,14,18)(H4,12,13,15,16). The molecule has 0 radical (unpaired) electrons. The van der Waals surface area contributed by atoms with Crippen molar-refractivity contribution in [3.05, 3.63) is 10.6 Å². The maximum Gasteiger partial charge on any atom is 0.317 e. The van der Waals surface area contributed by atoms with E-state index in [1.165, 1.54) is 11.3 Å². The van der Waals surface area contributed by atoms with Crippen molar-refractivity contribution in [2.75, 3.05) is 13.1 Å². The van der Waals surface area contributed by atoms with E-state index in [-0.39, 0.29) is 12.0 Å². The summed E-state index contributed by atoms with van der Waals surface area (Å²) in [5.41, 5.74) is 11.7. The van der Waals surface area contributed by atoms with Crippen LogP contribution >= 0.6 is 11.3 Å². The second-order valence-corrected chi connectivity index (χ2v) is 5.37. The molecule has 1 aliphatic heterocycles. The second-order valence-electron chi connectivity index (χ2n) is 4.31. The SMILES string of the molecule is CCCNC(=O)N1CCc2nc(N=C(N)N)sc2C1. The third kappa shape index (κ3) is 3.34. The lowest BCUT2D eigenvalue weighted by molar-refractivity contribution is 0.193. The van der Waals surface area contributed by atoms with Gasteiger partial charge in [-0.1, -0.05) is 18.3 Å². The number of nitrogens with zero attached hydrogens (tertiary/aromatic N) is 3. The molecule has 0 spiro atoms. The lowest BCUT2D eigenvalue weighted by atomic mass is 10.2. The molecule has 1 aromatic rings. The first-order chi connectivity index (χ1) is 9.10. The van der Waals surface area contributed by atoms with Gasteiger partial charge in [-0.25, -0.2) is 9.78 Å². The topological polar surface area (TPSA) is 110 Å². The van der Waals surface area contributed by atoms with Gasteiger partial charge in [0.1, 0.15) is 0 Å². The van der Waals surface area contributed by atoms with E-state index < -0.39 is 0 Å². The number of guanidine groups is 1. The number of carbonyl (C=O) groups excluding carboxylic acids is 1. The molecule has 19 heavy (non-hydrogen) atoms. The number of nitrogens with two attached hydrogens (primary N) is 2. The summed E-state index contributed by atoms with van der Waals surface area (Å²) in [5.74, 6) is 0.00337. The first kappa shape index (κ1) is 13.6. The van der Waals surface area contributed by atoms with Gasteiger partial charge in [-0.2, -0.15) is 4.99 Å². The fourth-order valence-corrected chi connectivity index (χ4v) is 2.87. The Bertz CT molecular complexity index is 493. The van der Waals surface area contributed by atoms with Crippen LogP contribution in [0.1, 0.15) is 23.9 Å². The number of carbonyl (C=O) groups is 1. The Balaban J connectivity index is 2.05. The van der Waals surface area contributed by atoms with Crippen molar-refractivity contribution in [3.8, 4) is 0 Å². The van der Waals surface area contributed by atoms with E-state index in [0.29, 0.717) is 24.8 Å². The molecular formula is C11H18N6OS. The van der Waals surface area contributed by atoms with Crippen LogP contribution in [0.25, 0.3) is 0 Å². The number of fused-ring (bicyclic) bond motifs is 1. The predicted molar refractivity (Wildman–Crippen MR) is 75.4 cm³/mol. The van der Waals surface area contributed by atoms with E-state index in [2.05, 4.69) is 15.3 Å². The van der Waals surface area contributed by atoms with E-state index in [1.807, 2.05) is 6.92 Å². The molecule has 1 aromatic heterocycles. The molecule has 1 aliphatic rings. The molecule has 0 fully saturated rings.